The van der Waals surface area contributed by atoms with Crippen LogP contribution < -0.4 is 11.1 Å². The number of amidine groups is 1. The minimum Gasteiger partial charge on any atom is -0.465 e. The summed E-state index contributed by atoms with van der Waals surface area (Å²) in [6, 6.07) is 5.79. The van der Waals surface area contributed by atoms with Gasteiger partial charge >= 0.3 is 6.09 Å². The summed E-state index contributed by atoms with van der Waals surface area (Å²) in [5.74, 6) is -0.0976. The van der Waals surface area contributed by atoms with E-state index >= 15 is 0 Å². The molecule has 0 saturated carbocycles. The van der Waals surface area contributed by atoms with Crippen LogP contribution in [0.2, 0.25) is 0 Å². The van der Waals surface area contributed by atoms with Gasteiger partial charge in [-0.2, -0.15) is 5.26 Å². The van der Waals surface area contributed by atoms with Crippen LogP contribution in [-0.2, 0) is 12.1 Å². The number of carboxylic acid groups (broad SMARTS) is 1. The second kappa shape index (κ2) is 5.34. The zero-order chi connectivity index (χ0) is 17.5. The van der Waals surface area contributed by atoms with Crippen molar-refractivity contribution in [3.63, 3.8) is 0 Å². The van der Waals surface area contributed by atoms with Gasteiger partial charge in [0.1, 0.15) is 17.4 Å². The lowest BCUT2D eigenvalue weighted by atomic mass is 9.90. The van der Waals surface area contributed by atoms with Crippen LogP contribution in [0.5, 0.6) is 0 Å². The predicted molar refractivity (Wildman–Crippen MR) is 83.1 cm³/mol. The molecule has 0 spiro atoms. The third-order valence-corrected chi connectivity index (χ3v) is 3.76. The molecule has 1 unspecified atom stereocenters. The first-order valence-corrected chi connectivity index (χ1v) is 6.95. The smallest absolute Gasteiger partial charge is 0.409 e. The fourth-order valence-electron chi connectivity index (χ4n) is 2.76. The number of nitriles is 1. The molecule has 8 nitrogen and oxygen atoms in total. The fraction of sp³-hybridized carbons (Fsp3) is 0.200. The van der Waals surface area contributed by atoms with Gasteiger partial charge in [0.05, 0.1) is 6.54 Å². The molecule has 0 fully saturated rings. The highest BCUT2D eigenvalue weighted by Crippen LogP contribution is 2.34. The van der Waals surface area contributed by atoms with Crippen LogP contribution >= 0.6 is 0 Å². The van der Waals surface area contributed by atoms with Crippen molar-refractivity contribution in [2.75, 3.05) is 5.32 Å². The lowest BCUT2D eigenvalue weighted by molar-refractivity contribution is 0.209. The molecule has 1 aliphatic heterocycles. The number of fused-ring (bicyclic) bond motifs is 1. The Hall–Kier alpha value is -3.41. The highest BCUT2D eigenvalue weighted by atomic mass is 19.1. The van der Waals surface area contributed by atoms with Gasteiger partial charge in [-0.15, -0.1) is 0 Å². The molecule has 2 aromatic rings. The van der Waals surface area contributed by atoms with Crippen molar-refractivity contribution < 1.29 is 14.3 Å². The van der Waals surface area contributed by atoms with Gasteiger partial charge in [0.15, 0.2) is 17.4 Å². The highest BCUT2D eigenvalue weighted by molar-refractivity contribution is 5.95. The lowest BCUT2D eigenvalue weighted by Crippen LogP contribution is -2.37. The Morgan fingerprint density at radius 3 is 3.00 bits per heavy atom. The van der Waals surface area contributed by atoms with Crippen LogP contribution in [0.1, 0.15) is 24.0 Å². The number of halogens is 1. The SMILES string of the molecule is CC1(c2cc(NC(=O)O)ccc2F)Cn2cc(C#N)nc2C(N)=N1. The van der Waals surface area contributed by atoms with E-state index < -0.39 is 17.4 Å². The number of benzene rings is 1. The number of anilines is 1. The van der Waals surface area contributed by atoms with Crippen LogP contribution in [0, 0.1) is 17.1 Å². The van der Waals surface area contributed by atoms with E-state index in [0.29, 0.717) is 5.82 Å². The topological polar surface area (TPSA) is 129 Å². The van der Waals surface area contributed by atoms with Crippen LogP contribution in [0.4, 0.5) is 14.9 Å². The molecule has 0 radical (unpaired) electrons. The van der Waals surface area contributed by atoms with Crippen LogP contribution in [-0.4, -0.2) is 26.6 Å². The van der Waals surface area contributed by atoms with Crippen molar-refractivity contribution in [2.45, 2.75) is 19.0 Å². The van der Waals surface area contributed by atoms with Crippen molar-refractivity contribution in [2.24, 2.45) is 10.7 Å². The van der Waals surface area contributed by atoms with Crippen molar-refractivity contribution in [1.29, 1.82) is 5.26 Å². The molecule has 0 saturated heterocycles. The number of rotatable bonds is 2. The molecule has 2 heterocycles. The Balaban J connectivity index is 2.07. The standard InChI is InChI=1S/C15H13FN6O2/c1-15(10-4-8(20-14(23)24)2-3-11(10)16)7-22-6-9(5-17)19-13(22)12(18)21-15/h2-4,6,20H,7H2,1H3,(H2,18,21)(H,23,24). The first kappa shape index (κ1) is 15.5. The van der Waals surface area contributed by atoms with E-state index in [1.807, 2.05) is 6.07 Å². The second-order valence-electron chi connectivity index (χ2n) is 5.59. The molecule has 9 heteroatoms. The Labute approximate surface area is 136 Å². The van der Waals surface area contributed by atoms with Gasteiger partial charge in [-0.3, -0.25) is 10.3 Å². The number of hydrogen-bond donors (Lipinski definition) is 3. The molecule has 1 atom stereocenters. The lowest BCUT2D eigenvalue weighted by Gasteiger charge is -2.31. The maximum Gasteiger partial charge on any atom is 0.409 e. The van der Waals surface area contributed by atoms with Gasteiger partial charge < -0.3 is 15.4 Å². The van der Waals surface area contributed by atoms with Crippen molar-refractivity contribution in [1.82, 2.24) is 9.55 Å². The summed E-state index contributed by atoms with van der Waals surface area (Å²) < 4.78 is 16.0. The maximum atomic E-state index is 14.3. The Bertz CT molecular complexity index is 913. The normalized spacial score (nSPS) is 19.1. The minimum absolute atomic E-state index is 0.0845. The van der Waals surface area contributed by atoms with E-state index in [1.165, 1.54) is 24.4 Å². The van der Waals surface area contributed by atoms with Gasteiger partial charge in [0, 0.05) is 17.4 Å². The number of nitrogens with two attached hydrogens (primary N) is 1. The molecule has 0 bridgehead atoms. The molecule has 1 aromatic carbocycles. The van der Waals surface area contributed by atoms with E-state index in [0.717, 1.165) is 0 Å². The number of aliphatic imine (C=N–C) groups is 1. The number of hydrogen-bond acceptors (Lipinski definition) is 5. The van der Waals surface area contributed by atoms with Gasteiger partial charge in [-0.1, -0.05) is 0 Å². The largest absolute Gasteiger partial charge is 0.465 e. The van der Waals surface area contributed by atoms with E-state index in [9.17, 15) is 9.18 Å². The number of amides is 1. The van der Waals surface area contributed by atoms with Crippen LogP contribution in [0.3, 0.4) is 0 Å². The number of nitrogens with zero attached hydrogens (tertiary/aromatic N) is 4. The molecule has 1 aromatic heterocycles. The summed E-state index contributed by atoms with van der Waals surface area (Å²) in [5.41, 5.74) is 5.46. The van der Waals surface area contributed by atoms with Crippen LogP contribution in [0.25, 0.3) is 0 Å². The molecule has 4 N–H and O–H groups in total. The Morgan fingerprint density at radius 1 is 1.58 bits per heavy atom. The van der Waals surface area contributed by atoms with Crippen molar-refractivity contribution in [3.05, 3.63) is 47.3 Å². The number of aromatic nitrogens is 2. The molecule has 3 rings (SSSR count). The summed E-state index contributed by atoms with van der Waals surface area (Å²) in [7, 11) is 0. The highest BCUT2D eigenvalue weighted by Gasteiger charge is 2.35. The van der Waals surface area contributed by atoms with Gasteiger partial charge in [0.2, 0.25) is 0 Å². The molecule has 122 valence electrons. The zero-order valence-corrected chi connectivity index (χ0v) is 12.6. The quantitative estimate of drug-likeness (QED) is 0.771. The molecule has 24 heavy (non-hydrogen) atoms. The maximum absolute atomic E-state index is 14.3. The summed E-state index contributed by atoms with van der Waals surface area (Å²) in [5, 5.41) is 19.9. The summed E-state index contributed by atoms with van der Waals surface area (Å²) in [6.07, 6.45) is 0.270. The van der Waals surface area contributed by atoms with E-state index in [4.69, 9.17) is 16.1 Å². The second-order valence-corrected chi connectivity index (χ2v) is 5.59. The molecular formula is C15H13FN6O2. The van der Waals surface area contributed by atoms with Gasteiger partial charge in [-0.05, 0) is 25.1 Å². The number of nitrogens with one attached hydrogen (secondary N) is 1. The summed E-state index contributed by atoms with van der Waals surface area (Å²) in [4.78, 5) is 19.2. The number of imidazole rings is 1. The molecular weight excluding hydrogens is 315 g/mol. The molecule has 1 aliphatic rings. The Morgan fingerprint density at radius 2 is 2.33 bits per heavy atom. The van der Waals surface area contributed by atoms with Crippen molar-refractivity contribution in [3.8, 4) is 6.07 Å². The third kappa shape index (κ3) is 2.54. The fourth-order valence-corrected chi connectivity index (χ4v) is 2.76. The first-order chi connectivity index (χ1) is 11.3. The van der Waals surface area contributed by atoms with E-state index in [-0.39, 0.29) is 29.3 Å². The number of carbonyl (C=O) groups is 1. The average molecular weight is 328 g/mol. The van der Waals surface area contributed by atoms with Gasteiger partial charge in [0.25, 0.3) is 0 Å². The summed E-state index contributed by atoms with van der Waals surface area (Å²) in [6.45, 7) is 1.89. The first-order valence-electron chi connectivity index (χ1n) is 6.95. The third-order valence-electron chi connectivity index (χ3n) is 3.76. The van der Waals surface area contributed by atoms with E-state index in [2.05, 4.69) is 15.3 Å². The Kier molecular flexibility index (Phi) is 3.45. The van der Waals surface area contributed by atoms with Gasteiger partial charge in [-0.25, -0.2) is 14.2 Å². The minimum atomic E-state index is -1.25. The molecule has 0 aliphatic carbocycles. The zero-order valence-electron chi connectivity index (χ0n) is 12.6. The van der Waals surface area contributed by atoms with Crippen LogP contribution in [0.15, 0.2) is 29.4 Å². The monoisotopic (exact) mass is 328 g/mol. The average Bonchev–Trinajstić information content (AvgIpc) is 2.92. The van der Waals surface area contributed by atoms with E-state index in [1.54, 1.807) is 11.5 Å². The van der Waals surface area contributed by atoms with Crippen molar-refractivity contribution >= 4 is 17.6 Å². The predicted octanol–water partition coefficient (Wildman–Crippen LogP) is 1.62. The summed E-state index contributed by atoms with van der Waals surface area (Å²) >= 11 is 0. The molecule has 1 amide bonds.